The number of rotatable bonds is 2. The summed E-state index contributed by atoms with van der Waals surface area (Å²) in [4.78, 5) is 37.8. The number of carboxylic acids is 1. The van der Waals surface area contributed by atoms with Gasteiger partial charge in [0, 0.05) is 0 Å². The van der Waals surface area contributed by atoms with Crippen LogP contribution in [0.1, 0.15) is 28.8 Å². The van der Waals surface area contributed by atoms with Crippen molar-refractivity contribution in [1.29, 1.82) is 0 Å². The minimum Gasteiger partial charge on any atom is -0.534 e. The highest BCUT2D eigenvalue weighted by atomic mass is 35.5. The second-order valence-electron chi connectivity index (χ2n) is 6.82. The first-order valence-electron chi connectivity index (χ1n) is 8.49. The van der Waals surface area contributed by atoms with E-state index in [0.29, 0.717) is 31.5 Å². The molecule has 2 saturated heterocycles. The zero-order valence-corrected chi connectivity index (χ0v) is 15.1. The van der Waals surface area contributed by atoms with E-state index >= 15 is 0 Å². The van der Waals surface area contributed by atoms with Crippen LogP contribution in [0.25, 0.3) is 0 Å². The molecule has 0 bridgehead atoms. The molecule has 3 aliphatic rings. The molecule has 4 N–H and O–H groups in total. The number of imide groups is 1. The predicted molar refractivity (Wildman–Crippen MR) is 97.0 cm³/mol. The van der Waals surface area contributed by atoms with Crippen LogP contribution in [0.2, 0.25) is 0 Å². The molecule has 0 unspecified atom stereocenters. The van der Waals surface area contributed by atoms with Gasteiger partial charge in [-0.05, 0) is 44.0 Å². The highest BCUT2D eigenvalue weighted by Crippen LogP contribution is 2.35. The molecule has 0 aromatic heterocycles. The lowest BCUT2D eigenvalue weighted by atomic mass is 9.71. The van der Waals surface area contributed by atoms with Gasteiger partial charge in [-0.15, -0.1) is 12.4 Å². The number of fused-ring (bicyclic) bond motifs is 1. The number of para-hydroxylation sites is 1. The molecule has 11 heteroatoms. The van der Waals surface area contributed by atoms with Crippen LogP contribution in [0.4, 0.5) is 4.79 Å². The number of carbonyl (C=O) groups excluding carboxylic acids is 2. The second-order valence-corrected chi connectivity index (χ2v) is 6.82. The van der Waals surface area contributed by atoms with Crippen molar-refractivity contribution in [3.8, 4) is 5.75 Å². The lowest BCUT2D eigenvalue weighted by Gasteiger charge is -2.34. The van der Waals surface area contributed by atoms with Gasteiger partial charge in [0.15, 0.2) is 0 Å². The Bertz CT molecular complexity index is 800. The van der Waals surface area contributed by atoms with Crippen molar-refractivity contribution in [2.75, 3.05) is 13.1 Å². The number of nitrogens with zero attached hydrogens (tertiary/aromatic N) is 1. The highest BCUT2D eigenvalue weighted by molar-refractivity contribution is 6.47. The summed E-state index contributed by atoms with van der Waals surface area (Å²) in [5.41, 5.74) is -0.468. The number of carboxylic acid groups (broad SMARTS) is 1. The zero-order chi connectivity index (χ0) is 18.5. The third-order valence-electron chi connectivity index (χ3n) is 5.31. The fourth-order valence-corrected chi connectivity index (χ4v) is 3.93. The maximum Gasteiger partial charge on any atom is 0.547 e. The maximum atomic E-state index is 13.0. The third kappa shape index (κ3) is 3.03. The Morgan fingerprint density at radius 1 is 1.30 bits per heavy atom. The van der Waals surface area contributed by atoms with Crippen LogP contribution in [0.5, 0.6) is 5.75 Å². The van der Waals surface area contributed by atoms with Crippen molar-refractivity contribution < 1.29 is 29.2 Å². The summed E-state index contributed by atoms with van der Waals surface area (Å²) >= 11 is 0. The second kappa shape index (κ2) is 7.03. The van der Waals surface area contributed by atoms with Crippen molar-refractivity contribution >= 4 is 37.4 Å². The van der Waals surface area contributed by atoms with Gasteiger partial charge in [0.25, 0.3) is 5.91 Å². The number of benzene rings is 1. The van der Waals surface area contributed by atoms with Crippen LogP contribution in [0.15, 0.2) is 18.2 Å². The Hall–Kier alpha value is -2.30. The van der Waals surface area contributed by atoms with Gasteiger partial charge in [-0.1, -0.05) is 12.1 Å². The summed E-state index contributed by atoms with van der Waals surface area (Å²) in [6.45, 7) is 1.24. The lowest BCUT2D eigenvalue weighted by molar-refractivity contribution is -0.133. The molecule has 1 spiro atoms. The average molecular weight is 396 g/mol. The van der Waals surface area contributed by atoms with E-state index in [1.165, 1.54) is 6.07 Å². The quantitative estimate of drug-likeness (QED) is 0.403. The van der Waals surface area contributed by atoms with Gasteiger partial charge >= 0.3 is 19.1 Å². The molecule has 0 aliphatic carbocycles. The lowest BCUT2D eigenvalue weighted by Crippen LogP contribution is -2.58. The number of hydrogen-bond donors (Lipinski definition) is 4. The van der Waals surface area contributed by atoms with Gasteiger partial charge in [-0.2, -0.15) is 0 Å². The molecule has 27 heavy (non-hydrogen) atoms. The standard InChI is InChI=1S/C16H18BN3O6.ClH/c21-13(22)10-3-1-2-9-8-11(17(25)26-12(9)10)20-14(23)16(19-15(20)24)4-6-18-7-5-16;/h1-3,11,18,25H,4-8H2,(H,19,24)(H,21,22);1H/t11-;/m0./s1. The number of halogens is 1. The van der Waals surface area contributed by atoms with Crippen molar-refractivity contribution in [3.05, 3.63) is 29.3 Å². The van der Waals surface area contributed by atoms with Gasteiger partial charge in [0.2, 0.25) is 0 Å². The number of nitrogens with one attached hydrogen (secondary N) is 2. The Balaban J connectivity index is 0.00000210. The fraction of sp³-hybridized carbons (Fsp3) is 0.438. The molecule has 1 aromatic carbocycles. The van der Waals surface area contributed by atoms with Crippen LogP contribution in [-0.4, -0.2) is 64.6 Å². The molecule has 4 rings (SSSR count). The smallest absolute Gasteiger partial charge is 0.534 e. The minimum atomic E-state index is -1.49. The Kier molecular flexibility index (Phi) is 5.07. The monoisotopic (exact) mass is 395 g/mol. The maximum absolute atomic E-state index is 13.0. The summed E-state index contributed by atoms with van der Waals surface area (Å²) in [6, 6.07) is 4.06. The van der Waals surface area contributed by atoms with Gasteiger partial charge in [-0.3, -0.25) is 9.69 Å². The summed E-state index contributed by atoms with van der Waals surface area (Å²) in [6.07, 6.45) is 1.10. The number of urea groups is 1. The van der Waals surface area contributed by atoms with E-state index in [4.69, 9.17) is 4.65 Å². The summed E-state index contributed by atoms with van der Waals surface area (Å²) in [7, 11) is -1.49. The third-order valence-corrected chi connectivity index (χ3v) is 5.31. The number of hydrogen-bond acceptors (Lipinski definition) is 6. The molecule has 144 valence electrons. The first kappa shape index (κ1) is 19.5. The van der Waals surface area contributed by atoms with E-state index in [1.54, 1.807) is 12.1 Å². The Morgan fingerprint density at radius 2 is 2.00 bits per heavy atom. The van der Waals surface area contributed by atoms with Crippen LogP contribution >= 0.6 is 12.4 Å². The Morgan fingerprint density at radius 3 is 2.67 bits per heavy atom. The highest BCUT2D eigenvalue weighted by Gasteiger charge is 2.56. The summed E-state index contributed by atoms with van der Waals surface area (Å²) in [5.74, 6) is -2.37. The van der Waals surface area contributed by atoms with Crippen LogP contribution in [0.3, 0.4) is 0 Å². The van der Waals surface area contributed by atoms with Crippen LogP contribution < -0.4 is 15.3 Å². The minimum absolute atomic E-state index is 0. The largest absolute Gasteiger partial charge is 0.547 e. The van der Waals surface area contributed by atoms with Gasteiger partial charge in [-0.25, -0.2) is 9.59 Å². The molecule has 1 atom stereocenters. The molecule has 3 heterocycles. The normalized spacial score (nSPS) is 23.4. The average Bonchev–Trinajstić information content (AvgIpc) is 2.84. The van der Waals surface area contributed by atoms with E-state index in [1.807, 2.05) is 0 Å². The van der Waals surface area contributed by atoms with Crippen LogP contribution in [0, 0.1) is 0 Å². The molecule has 9 nitrogen and oxygen atoms in total. The first-order chi connectivity index (χ1) is 12.4. The van der Waals surface area contributed by atoms with E-state index < -0.39 is 30.6 Å². The molecule has 3 amide bonds. The SMILES string of the molecule is Cl.O=C(O)c1cccc2c1OB(O)[C@@H](N1C(=O)NC3(CCNCC3)C1=O)C2. The van der Waals surface area contributed by atoms with Crippen molar-refractivity contribution in [1.82, 2.24) is 15.5 Å². The predicted octanol–water partition coefficient (Wildman–Crippen LogP) is -0.196. The zero-order valence-electron chi connectivity index (χ0n) is 14.3. The molecule has 0 saturated carbocycles. The number of piperidine rings is 1. The van der Waals surface area contributed by atoms with E-state index in [9.17, 15) is 24.5 Å². The number of carbonyl (C=O) groups is 3. The number of aromatic carboxylic acids is 1. The molecular weight excluding hydrogens is 376 g/mol. The van der Waals surface area contributed by atoms with Crippen molar-refractivity contribution in [2.45, 2.75) is 30.7 Å². The molecule has 0 radical (unpaired) electrons. The van der Waals surface area contributed by atoms with Gasteiger partial charge in [0.05, 0.1) is 11.5 Å². The first-order valence-corrected chi connectivity index (χ1v) is 8.49. The van der Waals surface area contributed by atoms with Crippen LogP contribution in [-0.2, 0) is 11.2 Å². The van der Waals surface area contributed by atoms with Gasteiger partial charge in [0.1, 0.15) is 11.3 Å². The molecule has 3 aliphatic heterocycles. The summed E-state index contributed by atoms with van der Waals surface area (Å²) < 4.78 is 5.41. The van der Waals surface area contributed by atoms with Crippen molar-refractivity contribution in [3.63, 3.8) is 0 Å². The molecule has 2 fully saturated rings. The summed E-state index contributed by atoms with van der Waals surface area (Å²) in [5, 5.41) is 25.6. The van der Waals surface area contributed by atoms with Gasteiger partial charge < -0.3 is 25.4 Å². The van der Waals surface area contributed by atoms with E-state index in [2.05, 4.69) is 10.6 Å². The number of amides is 3. The fourth-order valence-electron chi connectivity index (χ4n) is 3.93. The van der Waals surface area contributed by atoms with E-state index in [-0.39, 0.29) is 36.0 Å². The molecular formula is C16H19BClN3O6. The van der Waals surface area contributed by atoms with E-state index in [0.717, 1.165) is 4.90 Å². The van der Waals surface area contributed by atoms with Crippen molar-refractivity contribution in [2.24, 2.45) is 0 Å². The Labute approximate surface area is 161 Å². The molecule has 1 aromatic rings. The topological polar surface area (TPSA) is 128 Å².